The summed E-state index contributed by atoms with van der Waals surface area (Å²) in [4.78, 5) is 18.7. The summed E-state index contributed by atoms with van der Waals surface area (Å²) >= 11 is 1.44. The second-order valence-corrected chi connectivity index (χ2v) is 9.94. The van der Waals surface area contributed by atoms with E-state index in [9.17, 15) is 13.2 Å². The molecule has 1 fully saturated rings. The van der Waals surface area contributed by atoms with E-state index in [-0.39, 0.29) is 18.4 Å². The molecule has 8 heteroatoms. The molecule has 0 radical (unpaired) electrons. The van der Waals surface area contributed by atoms with Crippen molar-refractivity contribution in [2.45, 2.75) is 42.9 Å². The Kier molecular flexibility index (Phi) is 5.62. The molecule has 1 atom stereocenters. The van der Waals surface area contributed by atoms with Crippen LogP contribution in [0.1, 0.15) is 25.8 Å². The van der Waals surface area contributed by atoms with Crippen LogP contribution in [0.25, 0.3) is 0 Å². The Bertz CT molecular complexity index is 846. The lowest BCUT2D eigenvalue weighted by Gasteiger charge is -2.17. The molecule has 1 amide bonds. The molecule has 0 N–H and O–H groups in total. The van der Waals surface area contributed by atoms with Gasteiger partial charge in [-0.1, -0.05) is 23.5 Å². The van der Waals surface area contributed by atoms with Gasteiger partial charge in [0.15, 0.2) is 9.84 Å². The molecule has 1 unspecified atom stereocenters. The molecule has 6 nitrogen and oxygen atoms in total. The first-order valence-corrected chi connectivity index (χ1v) is 11.0. The summed E-state index contributed by atoms with van der Waals surface area (Å²) in [5, 5.41) is 2.02. The maximum atomic E-state index is 12.5. The van der Waals surface area contributed by atoms with Crippen LogP contribution >= 0.6 is 11.3 Å². The summed E-state index contributed by atoms with van der Waals surface area (Å²) in [6, 6.07) is 6.59. The van der Waals surface area contributed by atoms with Crippen molar-refractivity contribution in [1.82, 2.24) is 9.88 Å². The summed E-state index contributed by atoms with van der Waals surface area (Å²) in [6.45, 7) is 4.53. The standard InChI is InChI=1S/C18H22N2O4S2/c1-13(2)26(22,23)16-5-3-14(4-6-16)11-17(21)20-9-7-15(12-20)24-18-19-8-10-25-18/h3-6,8,10,13,15H,7,9,11-12H2,1-2H3. The molecule has 1 aliphatic heterocycles. The Morgan fingerprint density at radius 3 is 2.69 bits per heavy atom. The largest absolute Gasteiger partial charge is 0.465 e. The number of hydrogen-bond acceptors (Lipinski definition) is 6. The molecular weight excluding hydrogens is 372 g/mol. The summed E-state index contributed by atoms with van der Waals surface area (Å²) in [6.07, 6.45) is 2.72. The van der Waals surface area contributed by atoms with E-state index in [0.29, 0.717) is 23.2 Å². The van der Waals surface area contributed by atoms with Gasteiger partial charge in [0, 0.05) is 24.5 Å². The molecule has 1 aliphatic rings. The monoisotopic (exact) mass is 394 g/mol. The van der Waals surface area contributed by atoms with Crippen LogP contribution < -0.4 is 4.74 Å². The Labute approximate surface area is 157 Å². The third-order valence-electron chi connectivity index (χ3n) is 4.40. The van der Waals surface area contributed by atoms with E-state index < -0.39 is 15.1 Å². The van der Waals surface area contributed by atoms with Gasteiger partial charge in [0.2, 0.25) is 5.91 Å². The lowest BCUT2D eigenvalue weighted by atomic mass is 10.1. The van der Waals surface area contributed by atoms with Crippen LogP contribution in [-0.4, -0.2) is 48.7 Å². The van der Waals surface area contributed by atoms with Crippen molar-refractivity contribution in [2.24, 2.45) is 0 Å². The van der Waals surface area contributed by atoms with Crippen molar-refractivity contribution in [3.8, 4) is 5.19 Å². The van der Waals surface area contributed by atoms with E-state index in [2.05, 4.69) is 4.98 Å². The number of aromatic nitrogens is 1. The number of sulfone groups is 1. The Morgan fingerprint density at radius 1 is 1.35 bits per heavy atom. The van der Waals surface area contributed by atoms with E-state index in [0.717, 1.165) is 12.0 Å². The number of likely N-dealkylation sites (tertiary alicyclic amines) is 1. The van der Waals surface area contributed by atoms with Crippen molar-refractivity contribution in [2.75, 3.05) is 13.1 Å². The fraction of sp³-hybridized carbons (Fsp3) is 0.444. The van der Waals surface area contributed by atoms with Crippen LogP contribution in [0.3, 0.4) is 0 Å². The highest BCUT2D eigenvalue weighted by molar-refractivity contribution is 7.92. The highest BCUT2D eigenvalue weighted by Gasteiger charge is 2.28. The fourth-order valence-electron chi connectivity index (χ4n) is 2.82. The van der Waals surface area contributed by atoms with Gasteiger partial charge in [0.1, 0.15) is 6.10 Å². The third-order valence-corrected chi connectivity index (χ3v) is 7.23. The van der Waals surface area contributed by atoms with Gasteiger partial charge in [0.05, 0.1) is 23.1 Å². The maximum Gasteiger partial charge on any atom is 0.273 e. The molecule has 140 valence electrons. The van der Waals surface area contributed by atoms with Crippen molar-refractivity contribution < 1.29 is 17.9 Å². The van der Waals surface area contributed by atoms with Crippen LogP contribution in [0.2, 0.25) is 0 Å². The van der Waals surface area contributed by atoms with E-state index in [1.165, 1.54) is 11.3 Å². The van der Waals surface area contributed by atoms with E-state index in [4.69, 9.17) is 4.74 Å². The average Bonchev–Trinajstić information content (AvgIpc) is 3.27. The second kappa shape index (κ2) is 7.75. The lowest BCUT2D eigenvalue weighted by molar-refractivity contribution is -0.129. The van der Waals surface area contributed by atoms with E-state index >= 15 is 0 Å². The highest BCUT2D eigenvalue weighted by Crippen LogP contribution is 2.21. The lowest BCUT2D eigenvalue weighted by Crippen LogP contribution is -2.32. The van der Waals surface area contributed by atoms with Gasteiger partial charge in [-0.15, -0.1) is 0 Å². The molecule has 0 bridgehead atoms. The van der Waals surface area contributed by atoms with Gasteiger partial charge < -0.3 is 9.64 Å². The molecule has 0 saturated carbocycles. The zero-order valence-electron chi connectivity index (χ0n) is 14.8. The van der Waals surface area contributed by atoms with E-state index in [1.807, 2.05) is 5.38 Å². The first kappa shape index (κ1) is 18.8. The van der Waals surface area contributed by atoms with E-state index in [1.54, 1.807) is 49.2 Å². The normalized spacial score (nSPS) is 17.7. The molecule has 0 aliphatic carbocycles. The molecule has 2 heterocycles. The number of ether oxygens (including phenoxy) is 1. The maximum absolute atomic E-state index is 12.5. The van der Waals surface area contributed by atoms with Crippen LogP contribution in [0.15, 0.2) is 40.7 Å². The number of carbonyl (C=O) groups excluding carboxylic acids is 1. The minimum atomic E-state index is -3.29. The van der Waals surface area contributed by atoms with Gasteiger partial charge in [0.25, 0.3) is 5.19 Å². The van der Waals surface area contributed by atoms with Crippen LogP contribution in [0.5, 0.6) is 5.19 Å². The third kappa shape index (κ3) is 4.24. The first-order valence-electron chi connectivity index (χ1n) is 8.53. The number of carbonyl (C=O) groups is 1. The van der Waals surface area contributed by atoms with Crippen molar-refractivity contribution in [3.05, 3.63) is 41.4 Å². The molecule has 1 saturated heterocycles. The van der Waals surface area contributed by atoms with Gasteiger partial charge >= 0.3 is 0 Å². The van der Waals surface area contributed by atoms with Gasteiger partial charge in [-0.3, -0.25) is 4.79 Å². The number of hydrogen-bond donors (Lipinski definition) is 0. The Balaban J connectivity index is 1.57. The van der Waals surface area contributed by atoms with Crippen LogP contribution in [0.4, 0.5) is 0 Å². The zero-order valence-corrected chi connectivity index (χ0v) is 16.4. The summed E-state index contributed by atoms with van der Waals surface area (Å²) in [5.41, 5.74) is 0.807. The van der Waals surface area contributed by atoms with Crippen molar-refractivity contribution in [1.29, 1.82) is 0 Å². The number of rotatable bonds is 6. The SMILES string of the molecule is CC(C)S(=O)(=O)c1ccc(CC(=O)N2CCC(Oc3nccs3)C2)cc1. The predicted molar refractivity (Wildman–Crippen MR) is 100 cm³/mol. The van der Waals surface area contributed by atoms with Crippen LogP contribution in [-0.2, 0) is 21.1 Å². The molecule has 3 rings (SSSR count). The number of nitrogens with zero attached hydrogens (tertiary/aromatic N) is 2. The minimum absolute atomic E-state index is 0.0229. The first-order chi connectivity index (χ1) is 12.4. The summed E-state index contributed by atoms with van der Waals surface area (Å²) in [7, 11) is -3.29. The zero-order chi connectivity index (χ0) is 18.7. The Morgan fingerprint density at radius 2 is 2.08 bits per heavy atom. The molecular formula is C18H22N2O4S2. The molecule has 26 heavy (non-hydrogen) atoms. The minimum Gasteiger partial charge on any atom is -0.465 e. The average molecular weight is 395 g/mol. The highest BCUT2D eigenvalue weighted by atomic mass is 32.2. The van der Waals surface area contributed by atoms with Crippen LogP contribution in [0, 0.1) is 0 Å². The molecule has 2 aromatic rings. The topological polar surface area (TPSA) is 76.6 Å². The van der Waals surface area contributed by atoms with Gasteiger partial charge in [-0.05, 0) is 31.5 Å². The van der Waals surface area contributed by atoms with Gasteiger partial charge in [-0.25, -0.2) is 13.4 Å². The summed E-state index contributed by atoms with van der Waals surface area (Å²) < 4.78 is 30.1. The van der Waals surface area contributed by atoms with Gasteiger partial charge in [-0.2, -0.15) is 0 Å². The molecule has 0 spiro atoms. The number of amides is 1. The smallest absolute Gasteiger partial charge is 0.273 e. The Hall–Kier alpha value is -1.93. The number of thiazole rings is 1. The molecule has 1 aromatic carbocycles. The predicted octanol–water partition coefficient (Wildman–Crippen LogP) is 2.55. The van der Waals surface area contributed by atoms with Crippen molar-refractivity contribution >= 4 is 27.1 Å². The molecule has 1 aromatic heterocycles. The number of benzene rings is 1. The quantitative estimate of drug-likeness (QED) is 0.753. The second-order valence-electron chi connectivity index (χ2n) is 6.58. The van der Waals surface area contributed by atoms with Crippen molar-refractivity contribution in [3.63, 3.8) is 0 Å². The fourth-order valence-corrected chi connectivity index (χ4v) is 4.43. The summed E-state index contributed by atoms with van der Waals surface area (Å²) in [5.74, 6) is 0.0229.